The molecule has 16 heavy (non-hydrogen) atoms. The average Bonchev–Trinajstić information content (AvgIpc) is 2.58. The Morgan fingerprint density at radius 1 is 1.38 bits per heavy atom. The fraction of sp³-hybridized carbons (Fsp3) is 0.500. The second kappa shape index (κ2) is 3.83. The number of rotatable bonds is 1. The summed E-state index contributed by atoms with van der Waals surface area (Å²) < 4.78 is 0. The molecule has 1 saturated heterocycles. The van der Waals surface area contributed by atoms with Crippen molar-refractivity contribution in [2.45, 2.75) is 39.2 Å². The summed E-state index contributed by atoms with van der Waals surface area (Å²) in [7, 11) is 0. The van der Waals surface area contributed by atoms with Crippen molar-refractivity contribution in [3.63, 3.8) is 0 Å². The number of aryl methyl sites for hydroxylation is 1. The van der Waals surface area contributed by atoms with Crippen LogP contribution in [0.15, 0.2) is 18.2 Å². The van der Waals surface area contributed by atoms with E-state index in [1.807, 2.05) is 13.0 Å². The van der Waals surface area contributed by atoms with Crippen molar-refractivity contribution >= 4 is 5.69 Å². The SMILES string of the molecule is Cc1cc(N2CCCC2(C)C)ccc1C#N. The fourth-order valence-electron chi connectivity index (χ4n) is 2.53. The molecule has 1 fully saturated rings. The van der Waals surface area contributed by atoms with Crippen LogP contribution in [0.2, 0.25) is 0 Å². The molecule has 0 unspecified atom stereocenters. The second-order valence-electron chi connectivity index (χ2n) is 5.18. The number of nitriles is 1. The Balaban J connectivity index is 2.36. The molecule has 1 aromatic rings. The summed E-state index contributed by atoms with van der Waals surface area (Å²) in [4.78, 5) is 2.45. The highest BCUT2D eigenvalue weighted by Crippen LogP contribution is 2.34. The molecule has 1 aliphatic heterocycles. The highest BCUT2D eigenvalue weighted by molar-refractivity contribution is 5.55. The minimum Gasteiger partial charge on any atom is -0.366 e. The van der Waals surface area contributed by atoms with Crippen LogP contribution in [0.4, 0.5) is 5.69 Å². The quantitative estimate of drug-likeness (QED) is 0.717. The van der Waals surface area contributed by atoms with E-state index in [0.717, 1.165) is 17.7 Å². The summed E-state index contributed by atoms with van der Waals surface area (Å²) in [5.41, 5.74) is 3.35. The summed E-state index contributed by atoms with van der Waals surface area (Å²) in [6.45, 7) is 7.70. The summed E-state index contributed by atoms with van der Waals surface area (Å²) in [6, 6.07) is 8.34. The third-order valence-corrected chi connectivity index (χ3v) is 3.54. The van der Waals surface area contributed by atoms with Crippen molar-refractivity contribution in [2.75, 3.05) is 11.4 Å². The van der Waals surface area contributed by atoms with Gasteiger partial charge in [0, 0.05) is 17.8 Å². The molecule has 0 aliphatic carbocycles. The third-order valence-electron chi connectivity index (χ3n) is 3.54. The largest absolute Gasteiger partial charge is 0.366 e. The minimum atomic E-state index is 0.251. The Morgan fingerprint density at radius 2 is 2.12 bits per heavy atom. The van der Waals surface area contributed by atoms with Crippen molar-refractivity contribution in [3.05, 3.63) is 29.3 Å². The van der Waals surface area contributed by atoms with Gasteiger partial charge in [-0.3, -0.25) is 0 Å². The van der Waals surface area contributed by atoms with Crippen molar-refractivity contribution in [1.82, 2.24) is 0 Å². The molecular weight excluding hydrogens is 196 g/mol. The fourth-order valence-corrected chi connectivity index (χ4v) is 2.53. The first-order valence-electron chi connectivity index (χ1n) is 5.83. The monoisotopic (exact) mass is 214 g/mol. The van der Waals surface area contributed by atoms with E-state index >= 15 is 0 Å². The molecule has 0 atom stereocenters. The van der Waals surface area contributed by atoms with Crippen LogP contribution in [-0.4, -0.2) is 12.1 Å². The van der Waals surface area contributed by atoms with Crippen LogP contribution in [0.1, 0.15) is 37.8 Å². The Labute approximate surface area is 97.5 Å². The first kappa shape index (κ1) is 11.0. The van der Waals surface area contributed by atoms with Crippen molar-refractivity contribution in [3.8, 4) is 6.07 Å². The van der Waals surface area contributed by atoms with Gasteiger partial charge in [0.15, 0.2) is 0 Å². The summed E-state index contributed by atoms with van der Waals surface area (Å²) >= 11 is 0. The van der Waals surface area contributed by atoms with Gasteiger partial charge in [0.25, 0.3) is 0 Å². The van der Waals surface area contributed by atoms with Gasteiger partial charge in [-0.25, -0.2) is 0 Å². The topological polar surface area (TPSA) is 27.0 Å². The van der Waals surface area contributed by atoms with Crippen molar-refractivity contribution in [1.29, 1.82) is 5.26 Å². The highest BCUT2D eigenvalue weighted by Gasteiger charge is 2.31. The molecule has 0 spiro atoms. The molecule has 0 aromatic heterocycles. The van der Waals surface area contributed by atoms with E-state index in [2.05, 4.69) is 36.9 Å². The summed E-state index contributed by atoms with van der Waals surface area (Å²) in [6.07, 6.45) is 2.50. The Morgan fingerprint density at radius 3 is 2.62 bits per heavy atom. The molecule has 2 rings (SSSR count). The molecule has 0 radical (unpaired) electrons. The average molecular weight is 214 g/mol. The zero-order chi connectivity index (χ0) is 11.8. The van der Waals surface area contributed by atoms with Gasteiger partial charge in [0.1, 0.15) is 0 Å². The molecule has 1 aliphatic rings. The zero-order valence-electron chi connectivity index (χ0n) is 10.2. The first-order valence-corrected chi connectivity index (χ1v) is 5.83. The van der Waals surface area contributed by atoms with E-state index in [1.54, 1.807) is 0 Å². The van der Waals surface area contributed by atoms with Gasteiger partial charge in [0.2, 0.25) is 0 Å². The number of nitrogens with zero attached hydrogens (tertiary/aromatic N) is 2. The molecule has 0 bridgehead atoms. The van der Waals surface area contributed by atoms with Crippen LogP contribution >= 0.6 is 0 Å². The van der Waals surface area contributed by atoms with Crippen LogP contribution in [-0.2, 0) is 0 Å². The number of hydrogen-bond acceptors (Lipinski definition) is 2. The lowest BCUT2D eigenvalue weighted by molar-refractivity contribution is 0.518. The zero-order valence-corrected chi connectivity index (χ0v) is 10.2. The molecule has 84 valence electrons. The number of anilines is 1. The molecule has 2 nitrogen and oxygen atoms in total. The molecular formula is C14H18N2. The lowest BCUT2D eigenvalue weighted by Gasteiger charge is -2.34. The highest BCUT2D eigenvalue weighted by atomic mass is 15.2. The predicted octanol–water partition coefficient (Wildman–Crippen LogP) is 3.25. The minimum absolute atomic E-state index is 0.251. The standard InChI is InChI=1S/C14H18N2/c1-11-9-13(6-5-12(11)10-15)16-8-4-7-14(16,2)3/h5-6,9H,4,7-8H2,1-3H3. The van der Waals surface area contributed by atoms with Gasteiger partial charge < -0.3 is 4.90 Å². The van der Waals surface area contributed by atoms with Crippen LogP contribution in [0.5, 0.6) is 0 Å². The van der Waals surface area contributed by atoms with E-state index in [1.165, 1.54) is 18.5 Å². The molecule has 0 N–H and O–H groups in total. The molecule has 1 heterocycles. The van der Waals surface area contributed by atoms with Gasteiger partial charge in [0.05, 0.1) is 11.6 Å². The summed E-state index contributed by atoms with van der Waals surface area (Å²) in [5.74, 6) is 0. The first-order chi connectivity index (χ1) is 7.54. The van der Waals surface area contributed by atoms with E-state index in [-0.39, 0.29) is 5.54 Å². The van der Waals surface area contributed by atoms with Crippen LogP contribution in [0, 0.1) is 18.3 Å². The lowest BCUT2D eigenvalue weighted by Crippen LogP contribution is -2.38. The maximum Gasteiger partial charge on any atom is 0.0994 e. The molecule has 1 aromatic carbocycles. The van der Waals surface area contributed by atoms with Crippen molar-refractivity contribution in [2.24, 2.45) is 0 Å². The van der Waals surface area contributed by atoms with Crippen LogP contribution < -0.4 is 4.90 Å². The Kier molecular flexibility index (Phi) is 2.63. The van der Waals surface area contributed by atoms with Crippen molar-refractivity contribution < 1.29 is 0 Å². The van der Waals surface area contributed by atoms with Crippen LogP contribution in [0.25, 0.3) is 0 Å². The molecule has 2 heteroatoms. The van der Waals surface area contributed by atoms with Gasteiger partial charge in [-0.05, 0) is 57.4 Å². The third kappa shape index (κ3) is 1.78. The normalized spacial score (nSPS) is 18.5. The van der Waals surface area contributed by atoms with Gasteiger partial charge >= 0.3 is 0 Å². The second-order valence-corrected chi connectivity index (χ2v) is 5.18. The number of benzene rings is 1. The van der Waals surface area contributed by atoms with E-state index in [4.69, 9.17) is 5.26 Å². The number of hydrogen-bond donors (Lipinski definition) is 0. The lowest BCUT2D eigenvalue weighted by atomic mass is 10.0. The predicted molar refractivity (Wildman–Crippen MR) is 66.6 cm³/mol. The molecule has 0 amide bonds. The Bertz CT molecular complexity index is 441. The van der Waals surface area contributed by atoms with Crippen LogP contribution in [0.3, 0.4) is 0 Å². The molecule has 0 saturated carbocycles. The van der Waals surface area contributed by atoms with E-state index < -0.39 is 0 Å². The Hall–Kier alpha value is -1.49. The summed E-state index contributed by atoms with van der Waals surface area (Å²) in [5, 5.41) is 8.91. The van der Waals surface area contributed by atoms with E-state index in [9.17, 15) is 0 Å². The van der Waals surface area contributed by atoms with E-state index in [0.29, 0.717) is 0 Å². The van der Waals surface area contributed by atoms with Gasteiger partial charge in [-0.15, -0.1) is 0 Å². The van der Waals surface area contributed by atoms with Gasteiger partial charge in [-0.1, -0.05) is 0 Å². The maximum atomic E-state index is 8.91. The maximum absolute atomic E-state index is 8.91. The van der Waals surface area contributed by atoms with Gasteiger partial charge in [-0.2, -0.15) is 5.26 Å². The smallest absolute Gasteiger partial charge is 0.0994 e.